The molecule has 0 aliphatic rings. The third-order valence-corrected chi connectivity index (χ3v) is 4.07. The number of alkyl halides is 1. The van der Waals surface area contributed by atoms with Crippen molar-refractivity contribution in [2.45, 2.75) is 12.4 Å². The fourth-order valence-corrected chi connectivity index (χ4v) is 2.96. The van der Waals surface area contributed by atoms with Gasteiger partial charge in [0.05, 0.1) is 27.0 Å². The van der Waals surface area contributed by atoms with E-state index < -0.39 is 5.82 Å². The first-order valence-corrected chi connectivity index (χ1v) is 7.52. The Morgan fingerprint density at radius 1 is 1.10 bits per heavy atom. The van der Waals surface area contributed by atoms with Gasteiger partial charge in [-0.15, -0.1) is 11.6 Å². The molecule has 2 nitrogen and oxygen atoms in total. The Labute approximate surface area is 136 Å². The minimum Gasteiger partial charge on any atom is -0.321 e. The number of imidazole rings is 1. The van der Waals surface area contributed by atoms with E-state index in [0.717, 1.165) is 16.6 Å². The van der Waals surface area contributed by atoms with Crippen LogP contribution in [-0.4, -0.2) is 9.55 Å². The van der Waals surface area contributed by atoms with Crippen molar-refractivity contribution in [1.29, 1.82) is 0 Å². The van der Waals surface area contributed by atoms with E-state index in [9.17, 15) is 4.39 Å². The number of hydrogen-bond acceptors (Lipinski definition) is 1. The molecule has 0 radical (unpaired) electrons. The lowest BCUT2D eigenvalue weighted by Crippen LogP contribution is -2.04. The first-order chi connectivity index (χ1) is 10.1. The number of hydrogen-bond donors (Lipinski definition) is 0. The van der Waals surface area contributed by atoms with Gasteiger partial charge in [-0.2, -0.15) is 0 Å². The highest BCUT2D eigenvalue weighted by molar-refractivity contribution is 6.35. The molecule has 0 atom stereocenters. The molecule has 0 fully saturated rings. The maximum atomic E-state index is 13.2. The van der Waals surface area contributed by atoms with Crippen LogP contribution in [0.2, 0.25) is 10.0 Å². The maximum absolute atomic E-state index is 13.2. The number of fused-ring (bicyclic) bond motifs is 1. The number of benzene rings is 2. The minimum atomic E-state index is -0.438. The molecule has 0 unspecified atom stereocenters. The van der Waals surface area contributed by atoms with Gasteiger partial charge in [0, 0.05) is 6.54 Å². The molecule has 0 saturated heterocycles. The highest BCUT2D eigenvalue weighted by Gasteiger charge is 2.13. The normalized spacial score (nSPS) is 11.2. The molecule has 0 N–H and O–H groups in total. The molecule has 3 rings (SSSR count). The zero-order valence-corrected chi connectivity index (χ0v) is 13.1. The molecule has 3 aromatic rings. The van der Waals surface area contributed by atoms with Crippen LogP contribution in [0.15, 0.2) is 36.4 Å². The quantitative estimate of drug-likeness (QED) is 0.592. The number of rotatable bonds is 3. The maximum Gasteiger partial charge on any atom is 0.141 e. The van der Waals surface area contributed by atoms with Gasteiger partial charge < -0.3 is 4.57 Å². The molecule has 108 valence electrons. The first kappa shape index (κ1) is 14.6. The zero-order valence-electron chi connectivity index (χ0n) is 10.8. The van der Waals surface area contributed by atoms with E-state index in [1.165, 1.54) is 6.07 Å². The number of para-hydroxylation sites is 1. The Bertz CT molecular complexity index is 814. The van der Waals surface area contributed by atoms with Crippen molar-refractivity contribution in [3.05, 3.63) is 63.6 Å². The molecule has 0 bridgehead atoms. The van der Waals surface area contributed by atoms with Crippen molar-refractivity contribution in [2.75, 3.05) is 0 Å². The summed E-state index contributed by atoms with van der Waals surface area (Å²) in [6, 6.07) is 10.1. The van der Waals surface area contributed by atoms with Crippen LogP contribution >= 0.6 is 34.8 Å². The van der Waals surface area contributed by atoms with E-state index in [-0.39, 0.29) is 10.9 Å². The highest BCUT2D eigenvalue weighted by atomic mass is 35.5. The molecule has 2 aromatic carbocycles. The molecule has 0 spiro atoms. The largest absolute Gasteiger partial charge is 0.321 e. The van der Waals surface area contributed by atoms with Crippen molar-refractivity contribution >= 4 is 45.8 Å². The monoisotopic (exact) mass is 342 g/mol. The van der Waals surface area contributed by atoms with E-state index >= 15 is 0 Å². The van der Waals surface area contributed by atoms with Crippen molar-refractivity contribution in [3.63, 3.8) is 0 Å². The van der Waals surface area contributed by atoms with E-state index in [1.807, 2.05) is 16.7 Å². The fraction of sp³-hybridized carbons (Fsp3) is 0.133. The molecular formula is C15H10Cl3FN2. The number of aromatic nitrogens is 2. The van der Waals surface area contributed by atoms with Gasteiger partial charge in [0.1, 0.15) is 11.6 Å². The van der Waals surface area contributed by atoms with Gasteiger partial charge in [0.15, 0.2) is 0 Å². The van der Waals surface area contributed by atoms with Gasteiger partial charge in [-0.3, -0.25) is 0 Å². The summed E-state index contributed by atoms with van der Waals surface area (Å²) >= 11 is 18.1. The molecule has 1 aromatic heterocycles. The van der Waals surface area contributed by atoms with Crippen LogP contribution in [0, 0.1) is 5.82 Å². The van der Waals surface area contributed by atoms with E-state index in [0.29, 0.717) is 17.4 Å². The SMILES string of the molecule is Fc1ccc(Cn2c(CCl)nc3cccc(Cl)c32)cc1Cl. The second kappa shape index (κ2) is 5.84. The fourth-order valence-electron chi connectivity index (χ4n) is 2.28. The molecule has 1 heterocycles. The van der Waals surface area contributed by atoms with Crippen LogP contribution in [0.25, 0.3) is 11.0 Å². The molecule has 21 heavy (non-hydrogen) atoms. The van der Waals surface area contributed by atoms with Gasteiger partial charge in [-0.25, -0.2) is 9.37 Å². The standard InChI is InChI=1S/C15H10Cl3FN2/c16-7-14-20-13-3-1-2-10(17)15(13)21(14)8-9-4-5-12(19)11(18)6-9/h1-6H,7-8H2. The Hall–Kier alpha value is -1.29. The first-order valence-electron chi connectivity index (χ1n) is 6.23. The topological polar surface area (TPSA) is 17.8 Å². The lowest BCUT2D eigenvalue weighted by Gasteiger charge is -2.09. The predicted molar refractivity (Wildman–Crippen MR) is 84.8 cm³/mol. The Kier molecular flexibility index (Phi) is 4.07. The van der Waals surface area contributed by atoms with Crippen molar-refractivity contribution in [1.82, 2.24) is 9.55 Å². The minimum absolute atomic E-state index is 0.0930. The average molecular weight is 344 g/mol. The summed E-state index contributed by atoms with van der Waals surface area (Å²) in [5, 5.41) is 0.694. The average Bonchev–Trinajstić information content (AvgIpc) is 2.82. The van der Waals surface area contributed by atoms with Crippen LogP contribution in [0.5, 0.6) is 0 Å². The van der Waals surface area contributed by atoms with Crippen LogP contribution in [-0.2, 0) is 12.4 Å². The summed E-state index contributed by atoms with van der Waals surface area (Å²) in [6.07, 6.45) is 0. The van der Waals surface area contributed by atoms with Gasteiger partial charge in [0.2, 0.25) is 0 Å². The van der Waals surface area contributed by atoms with E-state index in [1.54, 1.807) is 18.2 Å². The number of halogens is 4. The molecule has 0 aliphatic heterocycles. The third-order valence-electron chi connectivity index (χ3n) is 3.24. The Balaban J connectivity index is 2.12. The van der Waals surface area contributed by atoms with Gasteiger partial charge in [0.25, 0.3) is 0 Å². The second-order valence-corrected chi connectivity index (χ2v) is 5.69. The molecule has 0 amide bonds. The lowest BCUT2D eigenvalue weighted by atomic mass is 10.2. The molecule has 6 heteroatoms. The summed E-state index contributed by atoms with van der Waals surface area (Å²) in [5.74, 6) is 0.534. The molecule has 0 aliphatic carbocycles. The summed E-state index contributed by atoms with van der Waals surface area (Å²) in [5.41, 5.74) is 2.45. The van der Waals surface area contributed by atoms with E-state index in [4.69, 9.17) is 34.8 Å². The second-order valence-electron chi connectivity index (χ2n) is 4.60. The summed E-state index contributed by atoms with van der Waals surface area (Å²) in [7, 11) is 0. The molecule has 0 saturated carbocycles. The van der Waals surface area contributed by atoms with Gasteiger partial charge in [-0.05, 0) is 29.8 Å². The van der Waals surface area contributed by atoms with Gasteiger partial charge in [-0.1, -0.05) is 35.3 Å². The van der Waals surface area contributed by atoms with Crippen LogP contribution in [0.1, 0.15) is 11.4 Å². The van der Waals surface area contributed by atoms with Crippen molar-refractivity contribution in [3.8, 4) is 0 Å². The van der Waals surface area contributed by atoms with Crippen LogP contribution < -0.4 is 0 Å². The number of nitrogens with zero attached hydrogens (tertiary/aromatic N) is 2. The van der Waals surface area contributed by atoms with Crippen molar-refractivity contribution < 1.29 is 4.39 Å². The predicted octanol–water partition coefficient (Wildman–Crippen LogP) is 5.27. The van der Waals surface area contributed by atoms with Crippen LogP contribution in [0.3, 0.4) is 0 Å². The smallest absolute Gasteiger partial charge is 0.141 e. The zero-order chi connectivity index (χ0) is 15.0. The summed E-state index contributed by atoms with van der Waals surface area (Å²) < 4.78 is 15.2. The van der Waals surface area contributed by atoms with Gasteiger partial charge >= 0.3 is 0 Å². The highest BCUT2D eigenvalue weighted by Crippen LogP contribution is 2.27. The molecular weight excluding hydrogens is 334 g/mol. The Morgan fingerprint density at radius 3 is 2.62 bits per heavy atom. The van der Waals surface area contributed by atoms with Crippen LogP contribution in [0.4, 0.5) is 4.39 Å². The summed E-state index contributed by atoms with van der Waals surface area (Å²) in [4.78, 5) is 4.47. The van der Waals surface area contributed by atoms with E-state index in [2.05, 4.69) is 4.98 Å². The lowest BCUT2D eigenvalue weighted by molar-refractivity contribution is 0.626. The third kappa shape index (κ3) is 2.73. The summed E-state index contributed by atoms with van der Waals surface area (Å²) in [6.45, 7) is 0.474. The Morgan fingerprint density at radius 2 is 1.90 bits per heavy atom. The van der Waals surface area contributed by atoms with Crippen molar-refractivity contribution in [2.24, 2.45) is 0 Å².